The highest BCUT2D eigenvalue weighted by Gasteiger charge is 2.08. The molecular formula is C12H18FNS. The Bertz CT molecular complexity index is 303. The van der Waals surface area contributed by atoms with Gasteiger partial charge >= 0.3 is 0 Å². The number of halogens is 1. The van der Waals surface area contributed by atoms with Crippen LogP contribution in [0.4, 0.5) is 10.1 Å². The third-order valence-electron chi connectivity index (χ3n) is 2.40. The van der Waals surface area contributed by atoms with Crippen LogP contribution >= 0.6 is 12.6 Å². The molecule has 0 aromatic heterocycles. The number of nitrogens with zero attached hydrogens (tertiary/aromatic N) is 1. The van der Waals surface area contributed by atoms with E-state index in [0.29, 0.717) is 5.92 Å². The summed E-state index contributed by atoms with van der Waals surface area (Å²) in [7, 11) is 0. The van der Waals surface area contributed by atoms with Crippen LogP contribution in [0.3, 0.4) is 0 Å². The van der Waals surface area contributed by atoms with Crippen LogP contribution in [0.15, 0.2) is 24.3 Å². The molecule has 0 saturated carbocycles. The van der Waals surface area contributed by atoms with E-state index < -0.39 is 0 Å². The fourth-order valence-electron chi connectivity index (χ4n) is 1.52. The van der Waals surface area contributed by atoms with E-state index in [9.17, 15) is 4.39 Å². The van der Waals surface area contributed by atoms with Gasteiger partial charge in [-0.05, 0) is 36.8 Å². The summed E-state index contributed by atoms with van der Waals surface area (Å²) >= 11 is 4.26. The molecule has 0 fully saturated rings. The van der Waals surface area contributed by atoms with Gasteiger partial charge in [0.05, 0.1) is 0 Å². The first kappa shape index (κ1) is 12.4. The van der Waals surface area contributed by atoms with Crippen molar-refractivity contribution in [1.29, 1.82) is 0 Å². The van der Waals surface area contributed by atoms with Crippen molar-refractivity contribution in [3.63, 3.8) is 0 Å². The molecule has 1 aromatic carbocycles. The zero-order valence-electron chi connectivity index (χ0n) is 9.28. The van der Waals surface area contributed by atoms with Crippen LogP contribution < -0.4 is 4.90 Å². The van der Waals surface area contributed by atoms with E-state index in [4.69, 9.17) is 0 Å². The number of anilines is 1. The molecule has 0 amide bonds. The van der Waals surface area contributed by atoms with Gasteiger partial charge in [-0.25, -0.2) is 4.39 Å². The molecule has 0 saturated heterocycles. The highest BCUT2D eigenvalue weighted by Crippen LogP contribution is 2.17. The molecule has 3 heteroatoms. The standard InChI is InChI=1S/C12H18FNS/c1-3-14(8-10(2)9-15)12-6-4-5-11(13)7-12/h4-7,10,15H,3,8-9H2,1-2H3. The SMILES string of the molecule is CCN(CC(C)CS)c1cccc(F)c1. The number of hydrogen-bond donors (Lipinski definition) is 1. The van der Waals surface area contributed by atoms with Crippen molar-refractivity contribution in [2.24, 2.45) is 5.92 Å². The molecule has 15 heavy (non-hydrogen) atoms. The van der Waals surface area contributed by atoms with E-state index in [1.807, 2.05) is 6.07 Å². The van der Waals surface area contributed by atoms with Crippen LogP contribution in [0.5, 0.6) is 0 Å². The quantitative estimate of drug-likeness (QED) is 0.756. The number of hydrogen-bond acceptors (Lipinski definition) is 2. The van der Waals surface area contributed by atoms with Gasteiger partial charge in [-0.15, -0.1) is 0 Å². The second kappa shape index (κ2) is 6.01. The van der Waals surface area contributed by atoms with Crippen molar-refractivity contribution in [1.82, 2.24) is 0 Å². The third kappa shape index (κ3) is 3.74. The Hall–Kier alpha value is -0.700. The normalized spacial score (nSPS) is 12.5. The van der Waals surface area contributed by atoms with Gasteiger partial charge in [0.25, 0.3) is 0 Å². The second-order valence-corrected chi connectivity index (χ2v) is 4.17. The Kier molecular flexibility index (Phi) is 4.95. The Morgan fingerprint density at radius 3 is 2.73 bits per heavy atom. The third-order valence-corrected chi connectivity index (χ3v) is 3.02. The van der Waals surface area contributed by atoms with Gasteiger partial charge in [0.2, 0.25) is 0 Å². The molecular weight excluding hydrogens is 209 g/mol. The lowest BCUT2D eigenvalue weighted by molar-refractivity contribution is 0.614. The summed E-state index contributed by atoms with van der Waals surface area (Å²) in [6.45, 7) is 6.04. The first-order valence-electron chi connectivity index (χ1n) is 5.28. The average Bonchev–Trinajstić information content (AvgIpc) is 2.25. The lowest BCUT2D eigenvalue weighted by Gasteiger charge is -2.25. The van der Waals surface area contributed by atoms with E-state index >= 15 is 0 Å². The molecule has 0 radical (unpaired) electrons. The molecule has 0 aliphatic heterocycles. The van der Waals surface area contributed by atoms with E-state index in [-0.39, 0.29) is 5.82 Å². The topological polar surface area (TPSA) is 3.24 Å². The van der Waals surface area contributed by atoms with Crippen molar-refractivity contribution >= 4 is 18.3 Å². The minimum absolute atomic E-state index is 0.176. The highest BCUT2D eigenvalue weighted by molar-refractivity contribution is 7.80. The van der Waals surface area contributed by atoms with Crippen LogP contribution in [0.1, 0.15) is 13.8 Å². The molecule has 1 unspecified atom stereocenters. The van der Waals surface area contributed by atoms with E-state index in [1.54, 1.807) is 12.1 Å². The Balaban J connectivity index is 2.73. The van der Waals surface area contributed by atoms with Gasteiger partial charge in [-0.3, -0.25) is 0 Å². The predicted molar refractivity (Wildman–Crippen MR) is 67.3 cm³/mol. The van der Waals surface area contributed by atoms with Crippen molar-refractivity contribution in [2.45, 2.75) is 13.8 Å². The average molecular weight is 227 g/mol. The molecule has 0 bridgehead atoms. The molecule has 0 N–H and O–H groups in total. The van der Waals surface area contributed by atoms with Crippen molar-refractivity contribution < 1.29 is 4.39 Å². The van der Waals surface area contributed by atoms with Gasteiger partial charge < -0.3 is 4.90 Å². The Morgan fingerprint density at radius 1 is 1.47 bits per heavy atom. The number of thiol groups is 1. The minimum atomic E-state index is -0.176. The fourth-order valence-corrected chi connectivity index (χ4v) is 1.64. The summed E-state index contributed by atoms with van der Waals surface area (Å²) in [6.07, 6.45) is 0. The maximum Gasteiger partial charge on any atom is 0.125 e. The van der Waals surface area contributed by atoms with Crippen molar-refractivity contribution in [3.8, 4) is 0 Å². The molecule has 1 rings (SSSR count). The van der Waals surface area contributed by atoms with Gasteiger partial charge in [0.1, 0.15) is 5.82 Å². The monoisotopic (exact) mass is 227 g/mol. The summed E-state index contributed by atoms with van der Waals surface area (Å²) in [5.41, 5.74) is 0.950. The van der Waals surface area contributed by atoms with E-state index in [2.05, 4.69) is 31.4 Å². The molecule has 0 aliphatic carbocycles. The Labute approximate surface area is 96.7 Å². The smallest absolute Gasteiger partial charge is 0.125 e. The molecule has 1 aromatic rings. The molecule has 1 atom stereocenters. The molecule has 0 heterocycles. The summed E-state index contributed by atoms with van der Waals surface area (Å²) in [5, 5.41) is 0. The molecule has 1 nitrogen and oxygen atoms in total. The van der Waals surface area contributed by atoms with Crippen LogP contribution in [0, 0.1) is 11.7 Å². The predicted octanol–water partition coefficient (Wildman–Crippen LogP) is 3.22. The van der Waals surface area contributed by atoms with Gasteiger partial charge in [0, 0.05) is 18.8 Å². The maximum absolute atomic E-state index is 13.0. The van der Waals surface area contributed by atoms with Gasteiger partial charge in [0.15, 0.2) is 0 Å². The largest absolute Gasteiger partial charge is 0.371 e. The van der Waals surface area contributed by atoms with Crippen LogP contribution in [0.2, 0.25) is 0 Å². The summed E-state index contributed by atoms with van der Waals surface area (Å²) in [4.78, 5) is 2.17. The van der Waals surface area contributed by atoms with Crippen LogP contribution in [-0.2, 0) is 0 Å². The van der Waals surface area contributed by atoms with E-state index in [1.165, 1.54) is 6.07 Å². The van der Waals surface area contributed by atoms with Crippen LogP contribution in [-0.4, -0.2) is 18.8 Å². The fraction of sp³-hybridized carbons (Fsp3) is 0.500. The summed E-state index contributed by atoms with van der Waals surface area (Å²) in [6, 6.07) is 6.74. The summed E-state index contributed by atoms with van der Waals surface area (Å²) < 4.78 is 13.0. The van der Waals surface area contributed by atoms with Gasteiger partial charge in [-0.2, -0.15) is 12.6 Å². The van der Waals surface area contributed by atoms with E-state index in [0.717, 1.165) is 24.5 Å². The maximum atomic E-state index is 13.0. The summed E-state index contributed by atoms with van der Waals surface area (Å²) in [5.74, 6) is 1.19. The second-order valence-electron chi connectivity index (χ2n) is 3.81. The number of rotatable bonds is 5. The first-order chi connectivity index (χ1) is 7.17. The zero-order valence-corrected chi connectivity index (χ0v) is 10.2. The number of benzene rings is 1. The van der Waals surface area contributed by atoms with Crippen molar-refractivity contribution in [2.75, 3.05) is 23.7 Å². The lowest BCUT2D eigenvalue weighted by Crippen LogP contribution is -2.28. The molecule has 0 aliphatic rings. The van der Waals surface area contributed by atoms with Crippen LogP contribution in [0.25, 0.3) is 0 Å². The Morgan fingerprint density at radius 2 is 2.20 bits per heavy atom. The first-order valence-corrected chi connectivity index (χ1v) is 5.92. The lowest BCUT2D eigenvalue weighted by atomic mass is 10.2. The van der Waals surface area contributed by atoms with Gasteiger partial charge in [-0.1, -0.05) is 13.0 Å². The van der Waals surface area contributed by atoms with Crippen molar-refractivity contribution in [3.05, 3.63) is 30.1 Å². The highest BCUT2D eigenvalue weighted by atomic mass is 32.1. The zero-order chi connectivity index (χ0) is 11.3. The minimum Gasteiger partial charge on any atom is -0.371 e. The molecule has 84 valence electrons. The molecule has 0 spiro atoms.